The van der Waals surface area contributed by atoms with Gasteiger partial charge in [-0.3, -0.25) is 0 Å². The Morgan fingerprint density at radius 1 is 0.850 bits per heavy atom. The maximum atomic E-state index is 6.02. The first-order valence-electron chi connectivity index (χ1n) is 7.04. The van der Waals surface area contributed by atoms with Crippen LogP contribution >= 0.6 is 0 Å². The van der Waals surface area contributed by atoms with E-state index in [1.54, 1.807) is 0 Å². The van der Waals surface area contributed by atoms with Crippen LogP contribution in [0.4, 0.5) is 0 Å². The van der Waals surface area contributed by atoms with Crippen molar-refractivity contribution in [2.75, 3.05) is 7.05 Å². The number of rotatable bonds is 5. The minimum absolute atomic E-state index is 0.616. The maximum absolute atomic E-state index is 6.02. The fourth-order valence-corrected chi connectivity index (χ4v) is 2.26. The lowest BCUT2D eigenvalue weighted by molar-refractivity contribution is 0.301. The van der Waals surface area contributed by atoms with E-state index in [1.807, 2.05) is 7.05 Å². The lowest BCUT2D eigenvalue weighted by Crippen LogP contribution is -2.05. The quantitative estimate of drug-likeness (QED) is 0.888. The van der Waals surface area contributed by atoms with Crippen molar-refractivity contribution in [1.82, 2.24) is 5.32 Å². The van der Waals surface area contributed by atoms with Crippen LogP contribution in [0, 0.1) is 20.8 Å². The molecule has 0 saturated heterocycles. The Morgan fingerprint density at radius 3 is 2.10 bits per heavy atom. The van der Waals surface area contributed by atoms with Crippen molar-refractivity contribution >= 4 is 0 Å². The second-order valence-corrected chi connectivity index (χ2v) is 5.29. The predicted octanol–water partition coefficient (Wildman–Crippen LogP) is 3.91. The number of ether oxygens (including phenoxy) is 1. The lowest BCUT2D eigenvalue weighted by atomic mass is 10.1. The van der Waals surface area contributed by atoms with E-state index in [-0.39, 0.29) is 0 Å². The summed E-state index contributed by atoms with van der Waals surface area (Å²) in [6.45, 7) is 7.85. The summed E-state index contributed by atoms with van der Waals surface area (Å²) < 4.78 is 6.02. The Bertz CT molecular complexity index is 573. The van der Waals surface area contributed by atoms with E-state index in [0.29, 0.717) is 6.61 Å². The molecule has 0 spiro atoms. The molecule has 1 N–H and O–H groups in total. The first-order valence-corrected chi connectivity index (χ1v) is 7.04. The van der Waals surface area contributed by atoms with Gasteiger partial charge >= 0.3 is 0 Å². The Balaban J connectivity index is 2.07. The molecule has 20 heavy (non-hydrogen) atoms. The van der Waals surface area contributed by atoms with Crippen molar-refractivity contribution in [1.29, 1.82) is 0 Å². The largest absolute Gasteiger partial charge is 0.488 e. The third-order valence-electron chi connectivity index (χ3n) is 3.66. The molecule has 0 heterocycles. The van der Waals surface area contributed by atoms with Gasteiger partial charge in [0.25, 0.3) is 0 Å². The molecule has 0 radical (unpaired) electrons. The van der Waals surface area contributed by atoms with E-state index >= 15 is 0 Å². The number of hydrogen-bond donors (Lipinski definition) is 1. The summed E-state index contributed by atoms with van der Waals surface area (Å²) in [7, 11) is 1.96. The van der Waals surface area contributed by atoms with Crippen molar-refractivity contribution in [2.45, 2.75) is 33.9 Å². The van der Waals surface area contributed by atoms with Gasteiger partial charge in [0.05, 0.1) is 0 Å². The van der Waals surface area contributed by atoms with Gasteiger partial charge in [-0.25, -0.2) is 0 Å². The minimum atomic E-state index is 0.616. The van der Waals surface area contributed by atoms with E-state index in [2.05, 4.69) is 62.5 Å². The molecule has 0 bridgehead atoms. The second-order valence-electron chi connectivity index (χ2n) is 5.29. The highest BCUT2D eigenvalue weighted by atomic mass is 16.5. The van der Waals surface area contributed by atoms with Gasteiger partial charge in [0.15, 0.2) is 0 Å². The van der Waals surface area contributed by atoms with Crippen LogP contribution in [0.25, 0.3) is 0 Å². The first-order chi connectivity index (χ1) is 9.61. The van der Waals surface area contributed by atoms with Crippen molar-refractivity contribution in [3.05, 3.63) is 64.2 Å². The van der Waals surface area contributed by atoms with Crippen molar-refractivity contribution in [3.63, 3.8) is 0 Å². The monoisotopic (exact) mass is 269 g/mol. The van der Waals surface area contributed by atoms with Crippen LogP contribution in [0.15, 0.2) is 36.4 Å². The highest BCUT2D eigenvalue weighted by Gasteiger charge is 2.06. The van der Waals surface area contributed by atoms with E-state index in [9.17, 15) is 0 Å². The van der Waals surface area contributed by atoms with Gasteiger partial charge in [-0.1, -0.05) is 36.4 Å². The molecule has 0 aliphatic carbocycles. The van der Waals surface area contributed by atoms with Gasteiger partial charge in [-0.15, -0.1) is 0 Å². The lowest BCUT2D eigenvalue weighted by Gasteiger charge is -2.14. The second kappa shape index (κ2) is 6.58. The zero-order valence-electron chi connectivity index (χ0n) is 12.8. The Hall–Kier alpha value is -1.80. The maximum Gasteiger partial charge on any atom is 0.125 e. The average Bonchev–Trinajstić information content (AvgIpc) is 2.45. The molecule has 106 valence electrons. The number of hydrogen-bond acceptors (Lipinski definition) is 2. The molecule has 0 saturated carbocycles. The molecule has 0 unspecified atom stereocenters. The fraction of sp³-hybridized carbons (Fsp3) is 0.333. The van der Waals surface area contributed by atoms with Gasteiger partial charge in [0.1, 0.15) is 12.4 Å². The number of benzene rings is 2. The first kappa shape index (κ1) is 14.6. The molecule has 0 fully saturated rings. The number of aryl methyl sites for hydroxylation is 2. The highest BCUT2D eigenvalue weighted by molar-refractivity contribution is 5.44. The van der Waals surface area contributed by atoms with Crippen LogP contribution in [0.1, 0.15) is 27.8 Å². The summed E-state index contributed by atoms with van der Waals surface area (Å²) in [5.41, 5.74) is 6.19. The van der Waals surface area contributed by atoms with Crippen LogP contribution in [0.5, 0.6) is 5.75 Å². The van der Waals surface area contributed by atoms with E-state index in [1.165, 1.54) is 27.8 Å². The summed E-state index contributed by atoms with van der Waals surface area (Å²) in [6.07, 6.45) is 0. The van der Waals surface area contributed by atoms with Crippen LogP contribution in [0.2, 0.25) is 0 Å². The molecule has 0 aliphatic rings. The summed E-state index contributed by atoms with van der Waals surface area (Å²) in [5.74, 6) is 1.02. The van der Waals surface area contributed by atoms with Crippen LogP contribution in [0.3, 0.4) is 0 Å². The molecule has 0 atom stereocenters. The molecule has 0 aliphatic heterocycles. The van der Waals surface area contributed by atoms with Crippen molar-refractivity contribution in [3.8, 4) is 5.75 Å². The topological polar surface area (TPSA) is 21.3 Å². The molecular formula is C18H23NO. The van der Waals surface area contributed by atoms with Gasteiger partial charge in [0.2, 0.25) is 0 Å². The predicted molar refractivity (Wildman–Crippen MR) is 84.2 cm³/mol. The molecule has 0 aromatic heterocycles. The smallest absolute Gasteiger partial charge is 0.125 e. The zero-order chi connectivity index (χ0) is 14.5. The van der Waals surface area contributed by atoms with Crippen molar-refractivity contribution in [2.24, 2.45) is 0 Å². The fourth-order valence-electron chi connectivity index (χ4n) is 2.26. The SMILES string of the molecule is CNCc1ccc(COc2c(C)ccc(C)c2C)cc1. The zero-order valence-corrected chi connectivity index (χ0v) is 12.8. The van der Waals surface area contributed by atoms with Crippen LogP contribution < -0.4 is 10.1 Å². The van der Waals surface area contributed by atoms with Gasteiger partial charge < -0.3 is 10.1 Å². The van der Waals surface area contributed by atoms with Crippen LogP contribution in [-0.4, -0.2) is 7.05 Å². The van der Waals surface area contributed by atoms with Crippen LogP contribution in [-0.2, 0) is 13.2 Å². The molecule has 2 nitrogen and oxygen atoms in total. The van der Waals surface area contributed by atoms with Gasteiger partial charge in [-0.2, -0.15) is 0 Å². The molecule has 0 amide bonds. The highest BCUT2D eigenvalue weighted by Crippen LogP contribution is 2.26. The third-order valence-corrected chi connectivity index (χ3v) is 3.66. The summed E-state index contributed by atoms with van der Waals surface area (Å²) in [4.78, 5) is 0. The van der Waals surface area contributed by atoms with E-state index < -0.39 is 0 Å². The standard InChI is InChI=1S/C18H23NO/c1-13-5-6-14(2)18(15(13)3)20-12-17-9-7-16(8-10-17)11-19-4/h5-10,19H,11-12H2,1-4H3. The summed E-state index contributed by atoms with van der Waals surface area (Å²) in [5, 5.41) is 3.15. The molecule has 2 heteroatoms. The average molecular weight is 269 g/mol. The summed E-state index contributed by atoms with van der Waals surface area (Å²) >= 11 is 0. The Kier molecular flexibility index (Phi) is 4.80. The van der Waals surface area contributed by atoms with Gasteiger partial charge in [-0.05, 0) is 55.6 Å². The van der Waals surface area contributed by atoms with E-state index in [4.69, 9.17) is 4.74 Å². The third kappa shape index (κ3) is 3.40. The molecule has 2 aromatic carbocycles. The Morgan fingerprint density at radius 2 is 1.45 bits per heavy atom. The minimum Gasteiger partial charge on any atom is -0.488 e. The number of nitrogens with one attached hydrogen (secondary N) is 1. The molecule has 2 aromatic rings. The van der Waals surface area contributed by atoms with E-state index in [0.717, 1.165) is 12.3 Å². The Labute approximate surface area is 121 Å². The van der Waals surface area contributed by atoms with Gasteiger partial charge in [0, 0.05) is 6.54 Å². The van der Waals surface area contributed by atoms with Crippen molar-refractivity contribution < 1.29 is 4.74 Å². The molecule has 2 rings (SSSR count). The normalized spacial score (nSPS) is 10.6. The molecular weight excluding hydrogens is 246 g/mol. The summed E-state index contributed by atoms with van der Waals surface area (Å²) in [6, 6.07) is 12.8.